The maximum atomic E-state index is 11.8. The summed E-state index contributed by atoms with van der Waals surface area (Å²) in [4.78, 5) is 40.5. The van der Waals surface area contributed by atoms with E-state index in [0.717, 1.165) is 0 Å². The largest absolute Gasteiger partial charge is 0.355 e. The molecule has 0 bridgehead atoms. The van der Waals surface area contributed by atoms with E-state index in [1.165, 1.54) is 19.3 Å². The van der Waals surface area contributed by atoms with Gasteiger partial charge in [0.05, 0.1) is 5.39 Å². The fraction of sp³-hybridized carbons (Fsp3) is 0.231. The molecule has 0 aromatic carbocycles. The van der Waals surface area contributed by atoms with Crippen LogP contribution in [0.25, 0.3) is 10.8 Å². The molecule has 2 aromatic rings. The van der Waals surface area contributed by atoms with Crippen LogP contribution in [0, 0.1) is 0 Å². The second-order valence-corrected chi connectivity index (χ2v) is 4.20. The van der Waals surface area contributed by atoms with Crippen molar-refractivity contribution in [2.45, 2.75) is 6.92 Å². The summed E-state index contributed by atoms with van der Waals surface area (Å²) in [6, 6.07) is 3.25. The van der Waals surface area contributed by atoms with Crippen LogP contribution in [0.1, 0.15) is 17.4 Å². The van der Waals surface area contributed by atoms with Crippen LogP contribution in [0.2, 0.25) is 0 Å². The highest BCUT2D eigenvalue weighted by molar-refractivity contribution is 5.96. The predicted octanol–water partition coefficient (Wildman–Crippen LogP) is -0.211. The molecule has 2 heterocycles. The molecule has 20 heavy (non-hydrogen) atoms. The lowest BCUT2D eigenvalue weighted by Gasteiger charge is -2.05. The molecule has 0 aliphatic rings. The number of carbonyl (C=O) groups excluding carboxylic acids is 2. The van der Waals surface area contributed by atoms with Crippen molar-refractivity contribution in [3.8, 4) is 0 Å². The maximum absolute atomic E-state index is 11.8. The van der Waals surface area contributed by atoms with E-state index in [2.05, 4.69) is 20.6 Å². The van der Waals surface area contributed by atoms with Crippen LogP contribution in [0.5, 0.6) is 0 Å². The number of rotatable bonds is 4. The first-order valence-corrected chi connectivity index (χ1v) is 6.08. The van der Waals surface area contributed by atoms with Crippen molar-refractivity contribution in [1.29, 1.82) is 0 Å². The molecular weight excluding hydrogens is 260 g/mol. The SMILES string of the molecule is CC(=O)NCCNC(=O)c1cc2cc[nH]c(=O)c2cn1. The molecule has 0 unspecified atom stereocenters. The third-order valence-electron chi connectivity index (χ3n) is 2.68. The zero-order chi connectivity index (χ0) is 14.5. The highest BCUT2D eigenvalue weighted by atomic mass is 16.2. The Morgan fingerprint density at radius 2 is 2.05 bits per heavy atom. The number of carbonyl (C=O) groups is 2. The van der Waals surface area contributed by atoms with Gasteiger partial charge in [0, 0.05) is 32.4 Å². The smallest absolute Gasteiger partial charge is 0.269 e. The second-order valence-electron chi connectivity index (χ2n) is 4.20. The Morgan fingerprint density at radius 3 is 2.80 bits per heavy atom. The highest BCUT2D eigenvalue weighted by Crippen LogP contribution is 2.08. The number of hydrogen-bond acceptors (Lipinski definition) is 4. The molecule has 0 radical (unpaired) electrons. The van der Waals surface area contributed by atoms with Crippen LogP contribution in [-0.2, 0) is 4.79 Å². The van der Waals surface area contributed by atoms with Gasteiger partial charge in [-0.15, -0.1) is 0 Å². The Morgan fingerprint density at radius 1 is 1.30 bits per heavy atom. The van der Waals surface area contributed by atoms with Gasteiger partial charge >= 0.3 is 0 Å². The summed E-state index contributed by atoms with van der Waals surface area (Å²) < 4.78 is 0. The third-order valence-corrected chi connectivity index (χ3v) is 2.68. The number of pyridine rings is 2. The molecule has 7 heteroatoms. The molecule has 104 valence electrons. The molecule has 0 atom stereocenters. The molecule has 2 amide bonds. The van der Waals surface area contributed by atoms with Crippen LogP contribution in [0.15, 0.2) is 29.3 Å². The zero-order valence-electron chi connectivity index (χ0n) is 10.9. The average molecular weight is 274 g/mol. The fourth-order valence-corrected chi connectivity index (χ4v) is 1.71. The number of amides is 2. The lowest BCUT2D eigenvalue weighted by atomic mass is 10.2. The van der Waals surface area contributed by atoms with E-state index in [0.29, 0.717) is 23.9 Å². The van der Waals surface area contributed by atoms with Crippen LogP contribution in [0.3, 0.4) is 0 Å². The van der Waals surface area contributed by atoms with Crippen molar-refractivity contribution in [2.24, 2.45) is 0 Å². The first-order chi connectivity index (χ1) is 9.58. The van der Waals surface area contributed by atoms with Gasteiger partial charge in [0.25, 0.3) is 11.5 Å². The van der Waals surface area contributed by atoms with E-state index in [9.17, 15) is 14.4 Å². The minimum absolute atomic E-state index is 0.151. The quantitative estimate of drug-likeness (QED) is 0.671. The van der Waals surface area contributed by atoms with Crippen LogP contribution >= 0.6 is 0 Å². The van der Waals surface area contributed by atoms with E-state index in [1.807, 2.05) is 0 Å². The van der Waals surface area contributed by atoms with E-state index < -0.39 is 0 Å². The Bertz CT molecular complexity index is 708. The van der Waals surface area contributed by atoms with Crippen molar-refractivity contribution >= 4 is 22.6 Å². The van der Waals surface area contributed by atoms with Gasteiger partial charge in [-0.2, -0.15) is 0 Å². The number of nitrogens with zero attached hydrogens (tertiary/aromatic N) is 1. The number of nitrogens with one attached hydrogen (secondary N) is 3. The average Bonchev–Trinajstić information content (AvgIpc) is 2.43. The van der Waals surface area contributed by atoms with Gasteiger partial charge in [-0.05, 0) is 17.5 Å². The Labute approximate surface area is 114 Å². The lowest BCUT2D eigenvalue weighted by Crippen LogP contribution is -2.34. The number of aromatic nitrogens is 2. The molecule has 0 aliphatic heterocycles. The molecular formula is C13H14N4O3. The van der Waals surface area contributed by atoms with Crippen molar-refractivity contribution in [2.75, 3.05) is 13.1 Å². The first kappa shape index (κ1) is 13.7. The summed E-state index contributed by atoms with van der Waals surface area (Å²) in [5.74, 6) is -0.500. The summed E-state index contributed by atoms with van der Waals surface area (Å²) >= 11 is 0. The van der Waals surface area contributed by atoms with E-state index in [1.54, 1.807) is 12.1 Å². The molecule has 0 fully saturated rings. The van der Waals surface area contributed by atoms with Gasteiger partial charge in [0.1, 0.15) is 5.69 Å². The summed E-state index contributed by atoms with van der Waals surface area (Å²) in [5.41, 5.74) is -0.0152. The van der Waals surface area contributed by atoms with E-state index >= 15 is 0 Å². The summed E-state index contributed by atoms with van der Waals surface area (Å²) in [6.07, 6.45) is 2.89. The van der Waals surface area contributed by atoms with E-state index in [-0.39, 0.29) is 23.1 Å². The highest BCUT2D eigenvalue weighted by Gasteiger charge is 2.08. The molecule has 3 N–H and O–H groups in total. The first-order valence-electron chi connectivity index (χ1n) is 6.08. The second kappa shape index (κ2) is 5.96. The maximum Gasteiger partial charge on any atom is 0.269 e. The minimum Gasteiger partial charge on any atom is -0.355 e. The third kappa shape index (κ3) is 3.19. The number of hydrogen-bond donors (Lipinski definition) is 3. The molecule has 0 aliphatic carbocycles. The standard InChI is InChI=1S/C13H14N4O3/c1-8(18)14-4-5-16-13(20)11-6-9-2-3-15-12(19)10(9)7-17-11/h2-3,6-7H,4-5H2,1H3,(H,14,18)(H,15,19)(H,16,20). The Hall–Kier alpha value is -2.70. The zero-order valence-corrected chi connectivity index (χ0v) is 10.9. The molecule has 0 spiro atoms. The van der Waals surface area contributed by atoms with Crippen molar-refractivity contribution in [3.63, 3.8) is 0 Å². The Kier molecular flexibility index (Phi) is 4.09. The van der Waals surface area contributed by atoms with Gasteiger partial charge in [0.2, 0.25) is 5.91 Å². The minimum atomic E-state index is -0.350. The van der Waals surface area contributed by atoms with Crippen molar-refractivity contribution in [1.82, 2.24) is 20.6 Å². The topological polar surface area (TPSA) is 104 Å². The molecule has 0 saturated heterocycles. The van der Waals surface area contributed by atoms with Crippen molar-refractivity contribution in [3.05, 3.63) is 40.6 Å². The molecule has 0 saturated carbocycles. The van der Waals surface area contributed by atoms with E-state index in [4.69, 9.17) is 0 Å². The lowest BCUT2D eigenvalue weighted by molar-refractivity contribution is -0.118. The molecule has 7 nitrogen and oxygen atoms in total. The summed E-state index contributed by atoms with van der Waals surface area (Å²) in [6.45, 7) is 2.08. The number of H-pyrrole nitrogens is 1. The predicted molar refractivity (Wildman–Crippen MR) is 73.4 cm³/mol. The molecule has 2 aromatic heterocycles. The van der Waals surface area contributed by atoms with Gasteiger partial charge < -0.3 is 15.6 Å². The van der Waals surface area contributed by atoms with Gasteiger partial charge in [-0.3, -0.25) is 19.4 Å². The summed E-state index contributed by atoms with van der Waals surface area (Å²) in [7, 11) is 0. The fourth-order valence-electron chi connectivity index (χ4n) is 1.71. The van der Waals surface area contributed by atoms with Crippen LogP contribution in [0.4, 0.5) is 0 Å². The monoisotopic (exact) mass is 274 g/mol. The number of aromatic amines is 1. The molecule has 2 rings (SSSR count). The van der Waals surface area contributed by atoms with Gasteiger partial charge in [-0.1, -0.05) is 0 Å². The van der Waals surface area contributed by atoms with Crippen LogP contribution < -0.4 is 16.2 Å². The Balaban J connectivity index is 2.07. The van der Waals surface area contributed by atoms with Crippen molar-refractivity contribution < 1.29 is 9.59 Å². The number of fused-ring (bicyclic) bond motifs is 1. The van der Waals surface area contributed by atoms with Crippen LogP contribution in [-0.4, -0.2) is 34.9 Å². The summed E-state index contributed by atoms with van der Waals surface area (Å²) in [5, 5.41) is 6.28. The van der Waals surface area contributed by atoms with Gasteiger partial charge in [0.15, 0.2) is 0 Å². The van der Waals surface area contributed by atoms with Gasteiger partial charge in [-0.25, -0.2) is 0 Å². The normalized spacial score (nSPS) is 10.2.